The van der Waals surface area contributed by atoms with Crippen LogP contribution in [-0.4, -0.2) is 21.5 Å². The fraction of sp³-hybridized carbons (Fsp3) is 0.429. The van der Waals surface area contributed by atoms with Gasteiger partial charge < -0.3 is 5.32 Å². The summed E-state index contributed by atoms with van der Waals surface area (Å²) in [5, 5.41) is 8.47. The van der Waals surface area contributed by atoms with E-state index in [4.69, 9.17) is 11.6 Å². The third-order valence-electron chi connectivity index (χ3n) is 1.44. The SMILES string of the molecule is Cc1cn[nH]c1NC(=O)C(C)Cl. The zero-order chi connectivity index (χ0) is 9.14. The topological polar surface area (TPSA) is 57.8 Å². The van der Waals surface area contributed by atoms with Gasteiger partial charge in [-0.3, -0.25) is 9.89 Å². The van der Waals surface area contributed by atoms with Gasteiger partial charge in [0.05, 0.1) is 6.20 Å². The van der Waals surface area contributed by atoms with Crippen molar-refractivity contribution in [2.75, 3.05) is 5.32 Å². The largest absolute Gasteiger partial charge is 0.310 e. The molecule has 1 amide bonds. The molecular weight excluding hydrogens is 178 g/mol. The maximum absolute atomic E-state index is 11.1. The predicted molar refractivity (Wildman–Crippen MR) is 47.3 cm³/mol. The fourth-order valence-electron chi connectivity index (χ4n) is 0.696. The monoisotopic (exact) mass is 187 g/mol. The minimum absolute atomic E-state index is 0.232. The second kappa shape index (κ2) is 3.58. The van der Waals surface area contributed by atoms with Crippen LogP contribution in [0.4, 0.5) is 5.82 Å². The zero-order valence-electron chi connectivity index (χ0n) is 6.89. The summed E-state index contributed by atoms with van der Waals surface area (Å²) in [5.74, 6) is 0.372. The predicted octanol–water partition coefficient (Wildman–Crippen LogP) is 1.28. The molecule has 0 saturated carbocycles. The summed E-state index contributed by atoms with van der Waals surface area (Å²) in [6.07, 6.45) is 1.63. The van der Waals surface area contributed by atoms with Gasteiger partial charge >= 0.3 is 0 Å². The van der Waals surface area contributed by atoms with Crippen LogP contribution in [0.25, 0.3) is 0 Å². The van der Waals surface area contributed by atoms with Crippen molar-refractivity contribution in [3.05, 3.63) is 11.8 Å². The standard InChI is InChI=1S/C7H10ClN3O/c1-4-3-9-11-6(4)10-7(12)5(2)8/h3,5H,1-2H3,(H2,9,10,11,12). The number of alkyl halides is 1. The summed E-state index contributed by atoms with van der Waals surface area (Å²) in [5.41, 5.74) is 0.890. The van der Waals surface area contributed by atoms with E-state index in [1.165, 1.54) is 0 Å². The second-order valence-electron chi connectivity index (χ2n) is 2.53. The van der Waals surface area contributed by atoms with E-state index in [-0.39, 0.29) is 5.91 Å². The lowest BCUT2D eigenvalue weighted by molar-refractivity contribution is -0.115. The molecular formula is C7H10ClN3O. The highest BCUT2D eigenvalue weighted by atomic mass is 35.5. The molecule has 0 spiro atoms. The van der Waals surface area contributed by atoms with E-state index in [2.05, 4.69) is 15.5 Å². The lowest BCUT2D eigenvalue weighted by atomic mass is 10.3. The van der Waals surface area contributed by atoms with Gasteiger partial charge in [0.15, 0.2) is 0 Å². The molecule has 1 aromatic heterocycles. The van der Waals surface area contributed by atoms with E-state index in [1.54, 1.807) is 13.1 Å². The van der Waals surface area contributed by atoms with Gasteiger partial charge in [0.25, 0.3) is 0 Å². The van der Waals surface area contributed by atoms with Crippen molar-refractivity contribution < 1.29 is 4.79 Å². The molecule has 0 radical (unpaired) electrons. The average molecular weight is 188 g/mol. The quantitative estimate of drug-likeness (QED) is 0.686. The van der Waals surface area contributed by atoms with Gasteiger partial charge in [-0.1, -0.05) is 0 Å². The summed E-state index contributed by atoms with van der Waals surface area (Å²) in [4.78, 5) is 11.1. The van der Waals surface area contributed by atoms with E-state index in [0.29, 0.717) is 5.82 Å². The number of aryl methyl sites for hydroxylation is 1. The Hall–Kier alpha value is -1.03. The van der Waals surface area contributed by atoms with Gasteiger partial charge in [-0.2, -0.15) is 5.10 Å². The molecule has 1 aromatic rings. The Kier molecular flexibility index (Phi) is 2.70. The molecule has 5 heteroatoms. The highest BCUT2D eigenvalue weighted by molar-refractivity contribution is 6.32. The van der Waals surface area contributed by atoms with Gasteiger partial charge in [-0.15, -0.1) is 11.6 Å². The van der Waals surface area contributed by atoms with Crippen molar-refractivity contribution in [1.82, 2.24) is 10.2 Å². The number of anilines is 1. The lowest BCUT2D eigenvalue weighted by Gasteiger charge is -2.03. The lowest BCUT2D eigenvalue weighted by Crippen LogP contribution is -2.20. The molecule has 1 heterocycles. The van der Waals surface area contributed by atoms with Crippen molar-refractivity contribution in [1.29, 1.82) is 0 Å². The maximum atomic E-state index is 11.1. The third-order valence-corrected chi connectivity index (χ3v) is 1.64. The number of halogens is 1. The minimum Gasteiger partial charge on any atom is -0.310 e. The van der Waals surface area contributed by atoms with Crippen LogP contribution < -0.4 is 5.32 Å². The van der Waals surface area contributed by atoms with Crippen LogP contribution in [0.3, 0.4) is 0 Å². The Bertz CT molecular complexity index is 282. The van der Waals surface area contributed by atoms with Gasteiger partial charge in [0.2, 0.25) is 5.91 Å². The smallest absolute Gasteiger partial charge is 0.243 e. The summed E-state index contributed by atoms with van der Waals surface area (Å²) in [6.45, 7) is 3.46. The molecule has 0 fully saturated rings. The number of carbonyl (C=O) groups is 1. The number of nitrogens with one attached hydrogen (secondary N) is 2. The van der Waals surface area contributed by atoms with Crippen LogP contribution >= 0.6 is 11.6 Å². The van der Waals surface area contributed by atoms with Crippen molar-refractivity contribution >= 4 is 23.3 Å². The highest BCUT2D eigenvalue weighted by Crippen LogP contribution is 2.09. The van der Waals surface area contributed by atoms with Gasteiger partial charge in [-0.25, -0.2) is 0 Å². The number of nitrogens with zero attached hydrogens (tertiary/aromatic N) is 1. The minimum atomic E-state index is -0.535. The van der Waals surface area contributed by atoms with E-state index < -0.39 is 5.38 Å². The van der Waals surface area contributed by atoms with Crippen molar-refractivity contribution in [2.45, 2.75) is 19.2 Å². The van der Waals surface area contributed by atoms with E-state index in [0.717, 1.165) is 5.56 Å². The Balaban J connectivity index is 2.64. The number of H-pyrrole nitrogens is 1. The Morgan fingerprint density at radius 1 is 1.83 bits per heavy atom. The number of aromatic amines is 1. The molecule has 4 nitrogen and oxygen atoms in total. The number of amides is 1. The molecule has 12 heavy (non-hydrogen) atoms. The van der Waals surface area contributed by atoms with Crippen LogP contribution in [0.15, 0.2) is 6.20 Å². The van der Waals surface area contributed by atoms with Crippen LogP contribution in [-0.2, 0) is 4.79 Å². The van der Waals surface area contributed by atoms with Crippen molar-refractivity contribution in [2.24, 2.45) is 0 Å². The van der Waals surface area contributed by atoms with Crippen molar-refractivity contribution in [3.63, 3.8) is 0 Å². The normalized spacial score (nSPS) is 12.6. The average Bonchev–Trinajstić information content (AvgIpc) is 2.36. The number of hydrogen-bond donors (Lipinski definition) is 2. The first-order valence-electron chi connectivity index (χ1n) is 3.56. The van der Waals surface area contributed by atoms with E-state index >= 15 is 0 Å². The number of aromatic nitrogens is 2. The molecule has 0 saturated heterocycles. The first kappa shape index (κ1) is 9.06. The number of hydrogen-bond acceptors (Lipinski definition) is 2. The van der Waals surface area contributed by atoms with E-state index in [1.807, 2.05) is 6.92 Å². The first-order chi connectivity index (χ1) is 5.61. The molecule has 0 aliphatic rings. The molecule has 1 atom stereocenters. The molecule has 0 aliphatic heterocycles. The Morgan fingerprint density at radius 2 is 2.50 bits per heavy atom. The van der Waals surface area contributed by atoms with Crippen molar-refractivity contribution in [3.8, 4) is 0 Å². The number of carbonyl (C=O) groups excluding carboxylic acids is 1. The Morgan fingerprint density at radius 3 is 2.92 bits per heavy atom. The Labute approximate surface area is 75.3 Å². The summed E-state index contributed by atoms with van der Waals surface area (Å²) in [6, 6.07) is 0. The fourth-order valence-corrected chi connectivity index (χ4v) is 0.750. The van der Waals surface area contributed by atoms with Crippen LogP contribution in [0.1, 0.15) is 12.5 Å². The summed E-state index contributed by atoms with van der Waals surface area (Å²) in [7, 11) is 0. The van der Waals surface area contributed by atoms with Crippen LogP contribution in [0.5, 0.6) is 0 Å². The van der Waals surface area contributed by atoms with Gasteiger partial charge in [0.1, 0.15) is 11.2 Å². The molecule has 0 aromatic carbocycles. The molecule has 1 unspecified atom stereocenters. The maximum Gasteiger partial charge on any atom is 0.243 e. The highest BCUT2D eigenvalue weighted by Gasteiger charge is 2.10. The second-order valence-corrected chi connectivity index (χ2v) is 3.19. The summed E-state index contributed by atoms with van der Waals surface area (Å²) >= 11 is 5.55. The molecule has 66 valence electrons. The van der Waals surface area contributed by atoms with Crippen LogP contribution in [0.2, 0.25) is 0 Å². The van der Waals surface area contributed by atoms with Gasteiger partial charge in [0, 0.05) is 5.56 Å². The molecule has 0 bridgehead atoms. The van der Waals surface area contributed by atoms with Gasteiger partial charge in [-0.05, 0) is 13.8 Å². The van der Waals surface area contributed by atoms with Crippen LogP contribution in [0, 0.1) is 6.92 Å². The summed E-state index contributed by atoms with van der Waals surface area (Å²) < 4.78 is 0. The molecule has 0 aliphatic carbocycles. The third kappa shape index (κ3) is 1.98. The first-order valence-corrected chi connectivity index (χ1v) is 4.00. The number of rotatable bonds is 2. The zero-order valence-corrected chi connectivity index (χ0v) is 7.64. The molecule has 2 N–H and O–H groups in total. The van der Waals surface area contributed by atoms with E-state index in [9.17, 15) is 4.79 Å². The molecule has 1 rings (SSSR count).